The van der Waals surface area contributed by atoms with Crippen LogP contribution in [-0.2, 0) is 6.61 Å². The van der Waals surface area contributed by atoms with Crippen molar-refractivity contribution in [2.45, 2.75) is 13.5 Å². The molecule has 0 saturated heterocycles. The second-order valence-corrected chi connectivity index (χ2v) is 6.21. The topological polar surface area (TPSA) is 68.3 Å². The van der Waals surface area contributed by atoms with E-state index in [1.54, 1.807) is 29.6 Å². The Hall–Kier alpha value is -2.99. The Morgan fingerprint density at radius 3 is 2.64 bits per heavy atom. The molecule has 0 fully saturated rings. The first-order valence-corrected chi connectivity index (χ1v) is 8.54. The van der Waals surface area contributed by atoms with Gasteiger partial charge in [0.2, 0.25) is 0 Å². The Labute approximate surface area is 149 Å². The quantitative estimate of drug-likeness (QED) is 0.676. The molecule has 5 nitrogen and oxygen atoms in total. The van der Waals surface area contributed by atoms with Crippen molar-refractivity contribution in [3.8, 4) is 5.75 Å². The third-order valence-electron chi connectivity index (χ3n) is 3.43. The first kappa shape index (κ1) is 16.9. The third kappa shape index (κ3) is 4.51. The Morgan fingerprint density at radius 2 is 1.92 bits per heavy atom. The van der Waals surface area contributed by atoms with E-state index in [9.17, 15) is 9.59 Å². The molecule has 0 aliphatic carbocycles. The molecule has 2 aromatic carbocycles. The van der Waals surface area contributed by atoms with Crippen LogP contribution in [0.4, 0.5) is 5.13 Å². The molecule has 1 amide bonds. The van der Waals surface area contributed by atoms with Crippen molar-refractivity contribution in [3.05, 3.63) is 76.8 Å². The molecule has 0 unspecified atom stereocenters. The maximum Gasteiger partial charge on any atom is 0.257 e. The van der Waals surface area contributed by atoms with Gasteiger partial charge < -0.3 is 4.74 Å². The number of nitrogens with one attached hydrogen (secondary N) is 1. The van der Waals surface area contributed by atoms with Gasteiger partial charge in [-0.15, -0.1) is 11.3 Å². The average Bonchev–Trinajstić information content (AvgIpc) is 3.10. The van der Waals surface area contributed by atoms with E-state index in [4.69, 9.17) is 4.74 Å². The molecule has 0 aliphatic rings. The molecule has 0 spiro atoms. The fraction of sp³-hybridized carbons (Fsp3) is 0.105. The summed E-state index contributed by atoms with van der Waals surface area (Å²) in [4.78, 5) is 27.7. The van der Waals surface area contributed by atoms with Crippen LogP contribution >= 0.6 is 11.3 Å². The number of ether oxygens (including phenoxy) is 1. The molecule has 0 aliphatic heterocycles. The maximum atomic E-state index is 12.3. The summed E-state index contributed by atoms with van der Waals surface area (Å²) in [6, 6.07) is 16.7. The molecule has 0 atom stereocenters. The van der Waals surface area contributed by atoms with E-state index >= 15 is 0 Å². The van der Waals surface area contributed by atoms with Crippen molar-refractivity contribution in [1.29, 1.82) is 0 Å². The first-order chi connectivity index (χ1) is 12.1. The highest BCUT2D eigenvalue weighted by Gasteiger charge is 2.11. The van der Waals surface area contributed by atoms with Gasteiger partial charge in [0.25, 0.3) is 5.91 Å². The minimum atomic E-state index is -0.297. The van der Waals surface area contributed by atoms with Gasteiger partial charge in [-0.05, 0) is 23.8 Å². The minimum Gasteiger partial charge on any atom is -0.489 e. The number of aromatic nitrogens is 1. The summed E-state index contributed by atoms with van der Waals surface area (Å²) >= 11 is 1.22. The molecule has 0 saturated carbocycles. The number of amides is 1. The van der Waals surface area contributed by atoms with Crippen LogP contribution in [0.2, 0.25) is 0 Å². The Kier molecular flexibility index (Phi) is 5.20. The highest BCUT2D eigenvalue weighted by Crippen LogP contribution is 2.19. The second kappa shape index (κ2) is 7.72. The summed E-state index contributed by atoms with van der Waals surface area (Å²) in [6.45, 7) is 1.87. The molecule has 1 heterocycles. The van der Waals surface area contributed by atoms with Crippen LogP contribution in [0.3, 0.4) is 0 Å². The zero-order chi connectivity index (χ0) is 17.6. The van der Waals surface area contributed by atoms with Crippen molar-refractivity contribution in [2.24, 2.45) is 0 Å². The molecule has 6 heteroatoms. The third-order valence-corrected chi connectivity index (χ3v) is 4.19. The standard InChI is InChI=1S/C19H16N2O3S/c1-13(22)17-12-25-19(20-17)21-18(23)15-8-5-9-16(10-15)24-11-14-6-3-2-4-7-14/h2-10,12H,11H2,1H3,(H,20,21,23). The van der Waals surface area contributed by atoms with Gasteiger partial charge >= 0.3 is 0 Å². The van der Waals surface area contributed by atoms with Crippen LogP contribution < -0.4 is 10.1 Å². The van der Waals surface area contributed by atoms with E-state index in [2.05, 4.69) is 10.3 Å². The number of hydrogen-bond donors (Lipinski definition) is 1. The van der Waals surface area contributed by atoms with Crippen molar-refractivity contribution in [2.75, 3.05) is 5.32 Å². The smallest absolute Gasteiger partial charge is 0.257 e. The number of anilines is 1. The number of Topliss-reactive ketones (excluding diaryl/α,β-unsaturated/α-hetero) is 1. The van der Waals surface area contributed by atoms with Gasteiger partial charge in [0.1, 0.15) is 18.1 Å². The van der Waals surface area contributed by atoms with Gasteiger partial charge in [-0.3, -0.25) is 14.9 Å². The van der Waals surface area contributed by atoms with Gasteiger partial charge in [0, 0.05) is 17.9 Å². The zero-order valence-corrected chi connectivity index (χ0v) is 14.4. The molecule has 3 rings (SSSR count). The van der Waals surface area contributed by atoms with E-state index in [0.717, 1.165) is 5.56 Å². The van der Waals surface area contributed by atoms with Crippen LogP contribution in [-0.4, -0.2) is 16.7 Å². The number of benzene rings is 2. The Balaban J connectivity index is 1.65. The number of hydrogen-bond acceptors (Lipinski definition) is 5. The van der Waals surface area contributed by atoms with Crippen molar-refractivity contribution < 1.29 is 14.3 Å². The molecule has 25 heavy (non-hydrogen) atoms. The van der Waals surface area contributed by atoms with E-state index in [1.807, 2.05) is 30.3 Å². The number of nitrogens with zero attached hydrogens (tertiary/aromatic N) is 1. The molecule has 1 N–H and O–H groups in total. The summed E-state index contributed by atoms with van der Waals surface area (Å²) < 4.78 is 5.73. The lowest BCUT2D eigenvalue weighted by Gasteiger charge is -2.08. The van der Waals surface area contributed by atoms with Gasteiger partial charge in [-0.25, -0.2) is 4.98 Å². The molecular weight excluding hydrogens is 336 g/mol. The lowest BCUT2D eigenvalue weighted by Crippen LogP contribution is -2.12. The molecule has 126 valence electrons. The Morgan fingerprint density at radius 1 is 1.12 bits per heavy atom. The van der Waals surface area contributed by atoms with Gasteiger partial charge in [-0.1, -0.05) is 36.4 Å². The van der Waals surface area contributed by atoms with Crippen molar-refractivity contribution in [3.63, 3.8) is 0 Å². The molecular formula is C19H16N2O3S. The lowest BCUT2D eigenvalue weighted by atomic mass is 10.2. The summed E-state index contributed by atoms with van der Waals surface area (Å²) in [5, 5.41) is 4.71. The number of thiazole rings is 1. The normalized spacial score (nSPS) is 10.3. The monoisotopic (exact) mass is 352 g/mol. The summed E-state index contributed by atoms with van der Waals surface area (Å²) in [6.07, 6.45) is 0. The predicted octanol–water partition coefficient (Wildman–Crippen LogP) is 4.18. The summed E-state index contributed by atoms with van der Waals surface area (Å²) in [7, 11) is 0. The van der Waals surface area contributed by atoms with Crippen LogP contribution in [0, 0.1) is 0 Å². The van der Waals surface area contributed by atoms with E-state index in [0.29, 0.717) is 28.7 Å². The number of carbonyl (C=O) groups is 2. The zero-order valence-electron chi connectivity index (χ0n) is 13.6. The fourth-order valence-corrected chi connectivity index (χ4v) is 2.87. The highest BCUT2D eigenvalue weighted by atomic mass is 32.1. The Bertz CT molecular complexity index is 890. The van der Waals surface area contributed by atoms with E-state index in [1.165, 1.54) is 18.3 Å². The van der Waals surface area contributed by atoms with Gasteiger partial charge in [0.05, 0.1) is 0 Å². The average molecular weight is 352 g/mol. The van der Waals surface area contributed by atoms with E-state index in [-0.39, 0.29) is 11.7 Å². The fourth-order valence-electron chi connectivity index (χ4n) is 2.13. The largest absolute Gasteiger partial charge is 0.489 e. The maximum absolute atomic E-state index is 12.3. The lowest BCUT2D eigenvalue weighted by molar-refractivity contribution is 0.100. The minimum absolute atomic E-state index is 0.131. The molecule has 0 bridgehead atoms. The van der Waals surface area contributed by atoms with E-state index < -0.39 is 0 Å². The molecule has 0 radical (unpaired) electrons. The molecule has 1 aromatic heterocycles. The van der Waals surface area contributed by atoms with Crippen LogP contribution in [0.1, 0.15) is 33.3 Å². The first-order valence-electron chi connectivity index (χ1n) is 7.66. The van der Waals surface area contributed by atoms with Gasteiger partial charge in [-0.2, -0.15) is 0 Å². The van der Waals surface area contributed by atoms with Crippen LogP contribution in [0.5, 0.6) is 5.75 Å². The van der Waals surface area contributed by atoms with Crippen LogP contribution in [0.25, 0.3) is 0 Å². The number of ketones is 1. The number of carbonyl (C=O) groups excluding carboxylic acids is 2. The SMILES string of the molecule is CC(=O)c1csc(NC(=O)c2cccc(OCc3ccccc3)c2)n1. The van der Waals surface area contributed by atoms with Crippen molar-refractivity contribution >= 4 is 28.2 Å². The van der Waals surface area contributed by atoms with Crippen LogP contribution in [0.15, 0.2) is 60.0 Å². The summed E-state index contributed by atoms with van der Waals surface area (Å²) in [5.74, 6) is 0.183. The van der Waals surface area contributed by atoms with Gasteiger partial charge in [0.15, 0.2) is 10.9 Å². The number of rotatable bonds is 6. The van der Waals surface area contributed by atoms with Crippen molar-refractivity contribution in [1.82, 2.24) is 4.98 Å². The summed E-state index contributed by atoms with van der Waals surface area (Å²) in [5.41, 5.74) is 1.86. The molecule has 3 aromatic rings. The second-order valence-electron chi connectivity index (χ2n) is 5.35. The highest BCUT2D eigenvalue weighted by molar-refractivity contribution is 7.14. The predicted molar refractivity (Wildman–Crippen MR) is 97.3 cm³/mol.